The normalized spacial score (nSPS) is 13.6. The van der Waals surface area contributed by atoms with Gasteiger partial charge in [-0.25, -0.2) is 14.6 Å². The Morgan fingerprint density at radius 2 is 2.16 bits per heavy atom. The van der Waals surface area contributed by atoms with Gasteiger partial charge in [-0.3, -0.25) is 0 Å². The SMILES string of the molecule is CCCC(NC(=O)NC(C)Cn1ccnc1)C(=O)O. The fourth-order valence-electron chi connectivity index (χ4n) is 1.73. The molecule has 0 saturated heterocycles. The molecular weight excluding hydrogens is 248 g/mol. The minimum Gasteiger partial charge on any atom is -0.480 e. The Kier molecular flexibility index (Phi) is 5.84. The van der Waals surface area contributed by atoms with Crippen LogP contribution in [0.3, 0.4) is 0 Å². The van der Waals surface area contributed by atoms with E-state index in [1.165, 1.54) is 0 Å². The molecule has 7 heteroatoms. The van der Waals surface area contributed by atoms with Crippen molar-refractivity contribution in [1.29, 1.82) is 0 Å². The van der Waals surface area contributed by atoms with Crippen molar-refractivity contribution in [3.05, 3.63) is 18.7 Å². The molecule has 0 fully saturated rings. The largest absolute Gasteiger partial charge is 0.480 e. The van der Waals surface area contributed by atoms with Gasteiger partial charge >= 0.3 is 12.0 Å². The first-order valence-electron chi connectivity index (χ1n) is 6.28. The van der Waals surface area contributed by atoms with Gasteiger partial charge in [0.05, 0.1) is 6.33 Å². The number of nitrogens with one attached hydrogen (secondary N) is 2. The number of urea groups is 1. The predicted molar refractivity (Wildman–Crippen MR) is 69.7 cm³/mol. The maximum absolute atomic E-state index is 11.7. The molecule has 7 nitrogen and oxygen atoms in total. The van der Waals surface area contributed by atoms with Crippen molar-refractivity contribution in [1.82, 2.24) is 20.2 Å². The van der Waals surface area contributed by atoms with Crippen LogP contribution in [0.15, 0.2) is 18.7 Å². The van der Waals surface area contributed by atoms with Gasteiger partial charge in [-0.15, -0.1) is 0 Å². The van der Waals surface area contributed by atoms with Crippen molar-refractivity contribution in [3.8, 4) is 0 Å². The number of carboxylic acid groups (broad SMARTS) is 1. The highest BCUT2D eigenvalue weighted by atomic mass is 16.4. The molecule has 0 bridgehead atoms. The Hall–Kier alpha value is -2.05. The van der Waals surface area contributed by atoms with Crippen molar-refractivity contribution in [2.75, 3.05) is 0 Å². The summed E-state index contributed by atoms with van der Waals surface area (Å²) >= 11 is 0. The molecule has 0 radical (unpaired) electrons. The number of imidazole rings is 1. The number of carboxylic acids is 1. The number of hydrogen-bond donors (Lipinski definition) is 3. The Morgan fingerprint density at radius 1 is 1.42 bits per heavy atom. The molecule has 1 aromatic rings. The van der Waals surface area contributed by atoms with E-state index >= 15 is 0 Å². The third-order valence-electron chi connectivity index (χ3n) is 2.60. The average Bonchev–Trinajstić information content (AvgIpc) is 2.80. The predicted octanol–water partition coefficient (Wildman–Crippen LogP) is 0.824. The lowest BCUT2D eigenvalue weighted by Gasteiger charge is -2.18. The first-order chi connectivity index (χ1) is 9.02. The highest BCUT2D eigenvalue weighted by Crippen LogP contribution is 1.97. The number of carbonyl (C=O) groups is 2. The van der Waals surface area contributed by atoms with E-state index in [-0.39, 0.29) is 6.04 Å². The van der Waals surface area contributed by atoms with Crippen LogP contribution in [0, 0.1) is 0 Å². The fraction of sp³-hybridized carbons (Fsp3) is 0.583. The van der Waals surface area contributed by atoms with Gasteiger partial charge in [-0.1, -0.05) is 13.3 Å². The summed E-state index contributed by atoms with van der Waals surface area (Å²) in [5.41, 5.74) is 0. The van der Waals surface area contributed by atoms with Crippen LogP contribution in [0.2, 0.25) is 0 Å². The standard InChI is InChI=1S/C12H20N4O3/c1-3-4-10(11(17)18)15-12(19)14-9(2)7-16-6-5-13-8-16/h5-6,8-10H,3-4,7H2,1-2H3,(H,17,18)(H2,14,15,19). The number of amides is 2. The molecule has 0 spiro atoms. The second-order valence-electron chi connectivity index (χ2n) is 4.46. The zero-order valence-electron chi connectivity index (χ0n) is 11.2. The van der Waals surface area contributed by atoms with Crippen molar-refractivity contribution in [2.45, 2.75) is 45.3 Å². The monoisotopic (exact) mass is 268 g/mol. The van der Waals surface area contributed by atoms with Gasteiger partial charge in [0.15, 0.2) is 0 Å². The lowest BCUT2D eigenvalue weighted by molar-refractivity contribution is -0.139. The fourth-order valence-corrected chi connectivity index (χ4v) is 1.73. The molecule has 2 atom stereocenters. The second-order valence-corrected chi connectivity index (χ2v) is 4.46. The van der Waals surface area contributed by atoms with Gasteiger partial charge in [-0.2, -0.15) is 0 Å². The van der Waals surface area contributed by atoms with E-state index in [0.29, 0.717) is 19.4 Å². The molecule has 19 heavy (non-hydrogen) atoms. The molecule has 106 valence electrons. The number of aromatic nitrogens is 2. The van der Waals surface area contributed by atoms with Crippen LogP contribution in [0.5, 0.6) is 0 Å². The molecular formula is C12H20N4O3. The van der Waals surface area contributed by atoms with Gasteiger partial charge in [-0.05, 0) is 13.3 Å². The van der Waals surface area contributed by atoms with Crippen LogP contribution in [-0.4, -0.2) is 38.7 Å². The van der Waals surface area contributed by atoms with Crippen molar-refractivity contribution >= 4 is 12.0 Å². The van der Waals surface area contributed by atoms with Crippen LogP contribution in [-0.2, 0) is 11.3 Å². The maximum atomic E-state index is 11.7. The van der Waals surface area contributed by atoms with E-state index in [2.05, 4.69) is 15.6 Å². The summed E-state index contributed by atoms with van der Waals surface area (Å²) in [4.78, 5) is 26.5. The summed E-state index contributed by atoms with van der Waals surface area (Å²) in [6.07, 6.45) is 6.23. The van der Waals surface area contributed by atoms with E-state index in [4.69, 9.17) is 5.11 Å². The lowest BCUT2D eigenvalue weighted by atomic mass is 10.2. The zero-order valence-corrected chi connectivity index (χ0v) is 11.2. The highest BCUT2D eigenvalue weighted by Gasteiger charge is 2.19. The minimum atomic E-state index is -1.01. The van der Waals surface area contributed by atoms with E-state index < -0.39 is 18.0 Å². The van der Waals surface area contributed by atoms with E-state index in [1.807, 2.05) is 18.4 Å². The summed E-state index contributed by atoms with van der Waals surface area (Å²) in [6, 6.07) is -1.43. The molecule has 0 aliphatic carbocycles. The zero-order chi connectivity index (χ0) is 14.3. The Morgan fingerprint density at radius 3 is 2.68 bits per heavy atom. The molecule has 1 heterocycles. The molecule has 0 aliphatic rings. The van der Waals surface area contributed by atoms with Gasteiger partial charge in [0, 0.05) is 25.0 Å². The van der Waals surface area contributed by atoms with E-state index in [0.717, 1.165) is 0 Å². The summed E-state index contributed by atoms with van der Waals surface area (Å²) < 4.78 is 1.84. The third-order valence-corrected chi connectivity index (χ3v) is 2.60. The van der Waals surface area contributed by atoms with Crippen LogP contribution >= 0.6 is 0 Å². The highest BCUT2D eigenvalue weighted by molar-refractivity contribution is 5.82. The topological polar surface area (TPSA) is 96.3 Å². The molecule has 1 rings (SSSR count). The quantitative estimate of drug-likeness (QED) is 0.682. The van der Waals surface area contributed by atoms with E-state index in [1.54, 1.807) is 18.7 Å². The van der Waals surface area contributed by atoms with Crippen LogP contribution in [0.1, 0.15) is 26.7 Å². The Balaban J connectivity index is 2.38. The molecule has 3 N–H and O–H groups in total. The minimum absolute atomic E-state index is 0.120. The van der Waals surface area contributed by atoms with Crippen LogP contribution in [0.4, 0.5) is 4.79 Å². The van der Waals surface area contributed by atoms with Crippen LogP contribution < -0.4 is 10.6 Å². The van der Waals surface area contributed by atoms with Gasteiger partial charge in [0.25, 0.3) is 0 Å². The summed E-state index contributed by atoms with van der Waals surface area (Å²) in [6.45, 7) is 4.30. The number of carbonyl (C=O) groups excluding carboxylic acids is 1. The van der Waals surface area contributed by atoms with Gasteiger partial charge < -0.3 is 20.3 Å². The van der Waals surface area contributed by atoms with Crippen molar-refractivity contribution in [2.24, 2.45) is 0 Å². The number of hydrogen-bond acceptors (Lipinski definition) is 3. The molecule has 0 aliphatic heterocycles. The van der Waals surface area contributed by atoms with Gasteiger partial charge in [0.2, 0.25) is 0 Å². The van der Waals surface area contributed by atoms with Crippen molar-refractivity contribution in [3.63, 3.8) is 0 Å². The molecule has 0 aromatic carbocycles. The first-order valence-corrected chi connectivity index (χ1v) is 6.28. The summed E-state index contributed by atoms with van der Waals surface area (Å²) in [5, 5.41) is 14.1. The lowest BCUT2D eigenvalue weighted by Crippen LogP contribution is -2.49. The Labute approximate surface area is 112 Å². The summed E-state index contributed by atoms with van der Waals surface area (Å²) in [7, 11) is 0. The molecule has 1 aromatic heterocycles. The first kappa shape index (κ1) is 15.0. The molecule has 2 unspecified atom stereocenters. The van der Waals surface area contributed by atoms with Gasteiger partial charge in [0.1, 0.15) is 6.04 Å². The Bertz CT molecular complexity index is 405. The number of nitrogens with zero attached hydrogens (tertiary/aromatic N) is 2. The molecule has 0 saturated carbocycles. The average molecular weight is 268 g/mol. The number of aliphatic carboxylic acids is 1. The smallest absolute Gasteiger partial charge is 0.326 e. The van der Waals surface area contributed by atoms with E-state index in [9.17, 15) is 9.59 Å². The second kappa shape index (κ2) is 7.40. The summed E-state index contributed by atoms with van der Waals surface area (Å²) in [5.74, 6) is -1.01. The maximum Gasteiger partial charge on any atom is 0.326 e. The molecule has 2 amide bonds. The third kappa shape index (κ3) is 5.41. The number of rotatable bonds is 7. The van der Waals surface area contributed by atoms with Crippen LogP contribution in [0.25, 0.3) is 0 Å². The van der Waals surface area contributed by atoms with Crippen molar-refractivity contribution < 1.29 is 14.7 Å².